The van der Waals surface area contributed by atoms with E-state index in [4.69, 9.17) is 9.31 Å². The monoisotopic (exact) mass is 287 g/mol. The third kappa shape index (κ3) is 2.54. The summed E-state index contributed by atoms with van der Waals surface area (Å²) in [7, 11) is -0.256. The van der Waals surface area contributed by atoms with Gasteiger partial charge in [0.05, 0.1) is 11.2 Å². The lowest BCUT2D eigenvalue weighted by molar-refractivity contribution is 0.00578. The number of benzene rings is 1. The average molecular weight is 287 g/mol. The number of nitrogens with zero attached hydrogens (tertiary/aromatic N) is 1. The maximum Gasteiger partial charge on any atom is 0.494 e. The lowest BCUT2D eigenvalue weighted by Gasteiger charge is -2.32. The number of rotatable bonds is 2. The first-order valence-corrected chi connectivity index (χ1v) is 7.91. The molecule has 0 bridgehead atoms. The van der Waals surface area contributed by atoms with Crippen LogP contribution in [0.3, 0.4) is 0 Å². The van der Waals surface area contributed by atoms with Crippen molar-refractivity contribution in [3.63, 3.8) is 0 Å². The van der Waals surface area contributed by atoms with Gasteiger partial charge in [-0.1, -0.05) is 18.2 Å². The normalized spacial score (nSPS) is 23.9. The zero-order valence-electron chi connectivity index (χ0n) is 14.1. The molecule has 1 saturated heterocycles. The predicted octanol–water partition coefficient (Wildman–Crippen LogP) is 2.71. The molecule has 0 radical (unpaired) electrons. The lowest BCUT2D eigenvalue weighted by Crippen LogP contribution is -2.41. The van der Waals surface area contributed by atoms with Gasteiger partial charge in [-0.3, -0.25) is 4.90 Å². The Balaban J connectivity index is 1.83. The molecule has 2 aliphatic heterocycles. The smallest absolute Gasteiger partial charge is 0.399 e. The molecule has 3 rings (SSSR count). The summed E-state index contributed by atoms with van der Waals surface area (Å²) in [5, 5.41) is 0. The van der Waals surface area contributed by atoms with Gasteiger partial charge in [-0.2, -0.15) is 0 Å². The third-order valence-corrected chi connectivity index (χ3v) is 5.23. The fraction of sp³-hybridized carbons (Fsp3) is 0.647. The zero-order valence-corrected chi connectivity index (χ0v) is 14.1. The Labute approximate surface area is 128 Å². The fourth-order valence-corrected chi connectivity index (χ4v) is 2.93. The van der Waals surface area contributed by atoms with E-state index in [1.54, 1.807) is 0 Å². The van der Waals surface area contributed by atoms with E-state index in [-0.39, 0.29) is 18.3 Å². The van der Waals surface area contributed by atoms with E-state index < -0.39 is 0 Å². The van der Waals surface area contributed by atoms with Crippen molar-refractivity contribution in [3.8, 4) is 0 Å². The summed E-state index contributed by atoms with van der Waals surface area (Å²) in [5.41, 5.74) is 3.43. The SMILES string of the molecule is CC(C)N1Cc2ccc(B3OC(C)(C)C(C)(C)O3)cc2C1. The summed E-state index contributed by atoms with van der Waals surface area (Å²) >= 11 is 0. The van der Waals surface area contributed by atoms with Crippen molar-refractivity contribution in [1.29, 1.82) is 0 Å². The van der Waals surface area contributed by atoms with Crippen molar-refractivity contribution in [2.24, 2.45) is 0 Å². The van der Waals surface area contributed by atoms with Gasteiger partial charge in [0.1, 0.15) is 0 Å². The third-order valence-electron chi connectivity index (χ3n) is 5.23. The molecule has 1 fully saturated rings. The van der Waals surface area contributed by atoms with Crippen LogP contribution >= 0.6 is 0 Å². The van der Waals surface area contributed by atoms with E-state index in [0.717, 1.165) is 18.6 Å². The molecule has 4 heteroatoms. The van der Waals surface area contributed by atoms with Gasteiger partial charge in [0.15, 0.2) is 0 Å². The molecular formula is C17H26BNO2. The van der Waals surface area contributed by atoms with Crippen LogP contribution in [-0.4, -0.2) is 29.3 Å². The van der Waals surface area contributed by atoms with Crippen molar-refractivity contribution < 1.29 is 9.31 Å². The second-order valence-electron chi connectivity index (χ2n) is 7.62. The average Bonchev–Trinajstić information content (AvgIpc) is 2.88. The van der Waals surface area contributed by atoms with E-state index >= 15 is 0 Å². The molecule has 0 N–H and O–H groups in total. The Hall–Kier alpha value is -0.835. The minimum absolute atomic E-state index is 0.256. The minimum Gasteiger partial charge on any atom is -0.399 e. The van der Waals surface area contributed by atoms with Gasteiger partial charge in [0.25, 0.3) is 0 Å². The highest BCUT2D eigenvalue weighted by Gasteiger charge is 2.51. The highest BCUT2D eigenvalue weighted by molar-refractivity contribution is 6.62. The Morgan fingerprint density at radius 1 is 1.00 bits per heavy atom. The summed E-state index contributed by atoms with van der Waals surface area (Å²) in [6.07, 6.45) is 0. The van der Waals surface area contributed by atoms with Crippen LogP contribution in [0.15, 0.2) is 18.2 Å². The molecule has 114 valence electrons. The predicted molar refractivity (Wildman–Crippen MR) is 86.5 cm³/mol. The Kier molecular flexibility index (Phi) is 3.47. The van der Waals surface area contributed by atoms with Gasteiger partial charge in [0, 0.05) is 19.1 Å². The first-order chi connectivity index (χ1) is 9.69. The standard InChI is InChI=1S/C17H26BNO2/c1-12(2)19-10-13-7-8-15(9-14(13)11-19)18-20-16(3,4)17(5,6)21-18/h7-9,12H,10-11H2,1-6H3. The van der Waals surface area contributed by atoms with Gasteiger partial charge in [-0.05, 0) is 58.1 Å². The number of hydrogen-bond donors (Lipinski definition) is 0. The molecule has 21 heavy (non-hydrogen) atoms. The van der Waals surface area contributed by atoms with Gasteiger partial charge in [-0.15, -0.1) is 0 Å². The molecule has 2 aliphatic rings. The van der Waals surface area contributed by atoms with Crippen LogP contribution in [0.25, 0.3) is 0 Å². The van der Waals surface area contributed by atoms with E-state index in [9.17, 15) is 0 Å². The van der Waals surface area contributed by atoms with Gasteiger partial charge < -0.3 is 9.31 Å². The van der Waals surface area contributed by atoms with Crippen LogP contribution in [0, 0.1) is 0 Å². The first-order valence-electron chi connectivity index (χ1n) is 7.91. The van der Waals surface area contributed by atoms with Crippen molar-refractivity contribution >= 4 is 12.6 Å². The van der Waals surface area contributed by atoms with E-state index in [0.29, 0.717) is 6.04 Å². The van der Waals surface area contributed by atoms with Crippen molar-refractivity contribution in [3.05, 3.63) is 29.3 Å². The maximum absolute atomic E-state index is 6.15. The van der Waals surface area contributed by atoms with Crippen LogP contribution in [0.5, 0.6) is 0 Å². The van der Waals surface area contributed by atoms with Crippen molar-refractivity contribution in [2.75, 3.05) is 0 Å². The minimum atomic E-state index is -0.277. The second kappa shape index (κ2) is 4.84. The summed E-state index contributed by atoms with van der Waals surface area (Å²) in [4.78, 5) is 2.48. The van der Waals surface area contributed by atoms with Crippen LogP contribution < -0.4 is 5.46 Å². The Bertz CT molecular complexity index is 538. The first kappa shape index (κ1) is 15.1. The van der Waals surface area contributed by atoms with Gasteiger partial charge >= 0.3 is 7.12 Å². The van der Waals surface area contributed by atoms with Crippen LogP contribution in [0.2, 0.25) is 0 Å². The number of hydrogen-bond acceptors (Lipinski definition) is 3. The van der Waals surface area contributed by atoms with E-state index in [1.807, 2.05) is 0 Å². The quantitative estimate of drug-likeness (QED) is 0.781. The molecule has 0 unspecified atom stereocenters. The molecule has 2 heterocycles. The zero-order chi connectivity index (χ0) is 15.4. The molecule has 0 spiro atoms. The molecule has 0 saturated carbocycles. The largest absolute Gasteiger partial charge is 0.494 e. The van der Waals surface area contributed by atoms with Gasteiger partial charge in [-0.25, -0.2) is 0 Å². The summed E-state index contributed by atoms with van der Waals surface area (Å²) in [6.45, 7) is 15.0. The number of fused-ring (bicyclic) bond motifs is 1. The van der Waals surface area contributed by atoms with Crippen LogP contribution in [-0.2, 0) is 22.4 Å². The second-order valence-corrected chi connectivity index (χ2v) is 7.62. The topological polar surface area (TPSA) is 21.7 Å². The van der Waals surface area contributed by atoms with E-state index in [2.05, 4.69) is 64.6 Å². The molecule has 0 aromatic heterocycles. The molecular weight excluding hydrogens is 261 g/mol. The van der Waals surface area contributed by atoms with Crippen molar-refractivity contribution in [1.82, 2.24) is 4.90 Å². The Morgan fingerprint density at radius 3 is 2.14 bits per heavy atom. The van der Waals surface area contributed by atoms with Crippen molar-refractivity contribution in [2.45, 2.75) is 71.9 Å². The lowest BCUT2D eigenvalue weighted by atomic mass is 9.78. The van der Waals surface area contributed by atoms with Crippen LogP contribution in [0.4, 0.5) is 0 Å². The van der Waals surface area contributed by atoms with Crippen LogP contribution in [0.1, 0.15) is 52.7 Å². The summed E-state index contributed by atoms with van der Waals surface area (Å²) in [5.74, 6) is 0. The molecule has 1 aromatic rings. The molecule has 0 aliphatic carbocycles. The Morgan fingerprint density at radius 2 is 1.57 bits per heavy atom. The fourth-order valence-electron chi connectivity index (χ4n) is 2.93. The molecule has 0 atom stereocenters. The molecule has 1 aromatic carbocycles. The molecule has 3 nitrogen and oxygen atoms in total. The highest BCUT2D eigenvalue weighted by Crippen LogP contribution is 2.36. The van der Waals surface area contributed by atoms with Gasteiger partial charge in [0.2, 0.25) is 0 Å². The highest BCUT2D eigenvalue weighted by atomic mass is 16.7. The maximum atomic E-state index is 6.15. The summed E-state index contributed by atoms with van der Waals surface area (Å²) in [6, 6.07) is 7.24. The molecule has 0 amide bonds. The summed E-state index contributed by atoms with van der Waals surface area (Å²) < 4.78 is 12.3. The van der Waals surface area contributed by atoms with E-state index in [1.165, 1.54) is 11.1 Å².